The van der Waals surface area contributed by atoms with Crippen molar-refractivity contribution in [2.75, 3.05) is 25.2 Å². The van der Waals surface area contributed by atoms with Crippen LogP contribution in [0.1, 0.15) is 5.56 Å². The molecule has 0 aromatic heterocycles. The zero-order valence-electron chi connectivity index (χ0n) is 18.4. The second kappa shape index (κ2) is 10.4. The van der Waals surface area contributed by atoms with Crippen LogP contribution in [0.25, 0.3) is 6.08 Å². The number of para-hydroxylation sites is 1. The van der Waals surface area contributed by atoms with E-state index in [1.54, 1.807) is 48.5 Å². The SMILES string of the molecule is COc1ccc(N2C(=O)NC(=O)/C(=C\c3cccc(OCCOc4ccccc4)c3)C2=O)cc1. The molecule has 1 aliphatic rings. The lowest BCUT2D eigenvalue weighted by Gasteiger charge is -2.26. The second-order valence-electron chi connectivity index (χ2n) is 7.24. The summed E-state index contributed by atoms with van der Waals surface area (Å²) >= 11 is 0. The Balaban J connectivity index is 1.46. The standard InChI is InChI=1S/C26H22N2O6/c1-32-20-12-10-19(11-13-20)28-25(30)23(24(29)27-26(28)31)17-18-6-5-9-22(16-18)34-15-14-33-21-7-3-2-4-8-21/h2-13,16-17H,14-15H2,1H3,(H,27,29,31)/b23-17+. The molecule has 8 heteroatoms. The Morgan fingerprint density at radius 3 is 2.18 bits per heavy atom. The summed E-state index contributed by atoms with van der Waals surface area (Å²) in [7, 11) is 1.52. The fraction of sp³-hybridized carbons (Fsp3) is 0.115. The third kappa shape index (κ3) is 5.24. The lowest BCUT2D eigenvalue weighted by molar-refractivity contribution is -0.122. The molecule has 0 saturated carbocycles. The van der Waals surface area contributed by atoms with Crippen molar-refractivity contribution in [3.05, 3.63) is 90.0 Å². The predicted molar refractivity (Wildman–Crippen MR) is 126 cm³/mol. The number of anilines is 1. The first-order chi connectivity index (χ1) is 16.5. The number of hydrogen-bond donors (Lipinski definition) is 1. The van der Waals surface area contributed by atoms with Crippen LogP contribution in [0.5, 0.6) is 17.2 Å². The number of urea groups is 1. The molecule has 4 amide bonds. The topological polar surface area (TPSA) is 94.2 Å². The van der Waals surface area contributed by atoms with Gasteiger partial charge in [0, 0.05) is 0 Å². The number of benzene rings is 3. The molecule has 0 bridgehead atoms. The summed E-state index contributed by atoms with van der Waals surface area (Å²) in [6, 6.07) is 21.9. The van der Waals surface area contributed by atoms with Gasteiger partial charge < -0.3 is 14.2 Å². The minimum Gasteiger partial charge on any atom is -0.497 e. The van der Waals surface area contributed by atoms with E-state index in [2.05, 4.69) is 5.32 Å². The van der Waals surface area contributed by atoms with E-state index in [9.17, 15) is 14.4 Å². The van der Waals surface area contributed by atoms with Crippen LogP contribution in [0.2, 0.25) is 0 Å². The lowest BCUT2D eigenvalue weighted by atomic mass is 10.1. The van der Waals surface area contributed by atoms with E-state index in [0.29, 0.717) is 36.0 Å². The van der Waals surface area contributed by atoms with Crippen LogP contribution >= 0.6 is 0 Å². The van der Waals surface area contributed by atoms with Gasteiger partial charge in [0.1, 0.15) is 36.0 Å². The van der Waals surface area contributed by atoms with Crippen molar-refractivity contribution in [2.45, 2.75) is 0 Å². The minimum atomic E-state index is -0.812. The third-order valence-electron chi connectivity index (χ3n) is 4.97. The van der Waals surface area contributed by atoms with Crippen LogP contribution in [-0.2, 0) is 9.59 Å². The molecule has 8 nitrogen and oxygen atoms in total. The van der Waals surface area contributed by atoms with E-state index in [1.807, 2.05) is 30.3 Å². The van der Waals surface area contributed by atoms with Gasteiger partial charge in [-0.3, -0.25) is 14.9 Å². The molecule has 0 atom stereocenters. The van der Waals surface area contributed by atoms with Crippen LogP contribution in [0.4, 0.5) is 10.5 Å². The Labute approximate surface area is 196 Å². The molecule has 0 aliphatic carbocycles. The lowest BCUT2D eigenvalue weighted by Crippen LogP contribution is -2.54. The highest BCUT2D eigenvalue weighted by molar-refractivity contribution is 6.39. The zero-order valence-corrected chi connectivity index (χ0v) is 18.4. The van der Waals surface area contributed by atoms with Crippen LogP contribution in [0, 0.1) is 0 Å². The van der Waals surface area contributed by atoms with E-state index in [-0.39, 0.29) is 5.57 Å². The van der Waals surface area contributed by atoms with Crippen LogP contribution < -0.4 is 24.4 Å². The van der Waals surface area contributed by atoms with Gasteiger partial charge in [0.25, 0.3) is 11.8 Å². The summed E-state index contributed by atoms with van der Waals surface area (Å²) in [6.45, 7) is 0.670. The van der Waals surface area contributed by atoms with Crippen LogP contribution in [0.15, 0.2) is 84.4 Å². The number of imide groups is 2. The van der Waals surface area contributed by atoms with Gasteiger partial charge in [-0.2, -0.15) is 0 Å². The molecule has 1 N–H and O–H groups in total. The molecule has 0 spiro atoms. The fourth-order valence-electron chi connectivity index (χ4n) is 3.32. The van der Waals surface area contributed by atoms with Crippen molar-refractivity contribution in [2.24, 2.45) is 0 Å². The van der Waals surface area contributed by atoms with E-state index >= 15 is 0 Å². The van der Waals surface area contributed by atoms with E-state index < -0.39 is 17.8 Å². The number of ether oxygens (including phenoxy) is 3. The average molecular weight is 458 g/mol. The van der Waals surface area contributed by atoms with E-state index in [1.165, 1.54) is 13.2 Å². The maximum atomic E-state index is 13.0. The quantitative estimate of drug-likeness (QED) is 0.313. The molecule has 34 heavy (non-hydrogen) atoms. The van der Waals surface area contributed by atoms with Crippen molar-refractivity contribution >= 4 is 29.6 Å². The number of nitrogens with one attached hydrogen (secondary N) is 1. The third-order valence-corrected chi connectivity index (χ3v) is 4.97. The van der Waals surface area contributed by atoms with Gasteiger partial charge in [0.15, 0.2) is 0 Å². The molecule has 3 aromatic rings. The van der Waals surface area contributed by atoms with Gasteiger partial charge in [0.05, 0.1) is 12.8 Å². The summed E-state index contributed by atoms with van der Waals surface area (Å²) in [5, 5.41) is 2.21. The van der Waals surface area contributed by atoms with Crippen molar-refractivity contribution in [1.82, 2.24) is 5.32 Å². The number of barbiturate groups is 1. The van der Waals surface area contributed by atoms with Crippen molar-refractivity contribution in [1.29, 1.82) is 0 Å². The summed E-state index contributed by atoms with van der Waals surface area (Å²) in [4.78, 5) is 38.7. The van der Waals surface area contributed by atoms with Gasteiger partial charge in [-0.25, -0.2) is 9.69 Å². The highest BCUT2D eigenvalue weighted by Gasteiger charge is 2.36. The minimum absolute atomic E-state index is 0.167. The number of amides is 4. The Bertz CT molecular complexity index is 1220. The summed E-state index contributed by atoms with van der Waals surface area (Å²) in [5.41, 5.74) is 0.723. The number of methoxy groups -OCH3 is 1. The highest BCUT2D eigenvalue weighted by Crippen LogP contribution is 2.25. The first-order valence-corrected chi connectivity index (χ1v) is 10.5. The molecular formula is C26H22N2O6. The van der Waals surface area contributed by atoms with Gasteiger partial charge in [-0.15, -0.1) is 0 Å². The van der Waals surface area contributed by atoms with Gasteiger partial charge >= 0.3 is 6.03 Å². The molecular weight excluding hydrogens is 436 g/mol. The van der Waals surface area contributed by atoms with Gasteiger partial charge in [-0.1, -0.05) is 30.3 Å². The molecule has 0 unspecified atom stereocenters. The van der Waals surface area contributed by atoms with Crippen LogP contribution in [-0.4, -0.2) is 38.2 Å². The normalized spacial score (nSPS) is 14.7. The fourth-order valence-corrected chi connectivity index (χ4v) is 3.32. The van der Waals surface area contributed by atoms with Crippen molar-refractivity contribution < 1.29 is 28.6 Å². The van der Waals surface area contributed by atoms with Crippen molar-refractivity contribution in [3.8, 4) is 17.2 Å². The monoisotopic (exact) mass is 458 g/mol. The summed E-state index contributed by atoms with van der Waals surface area (Å²) in [5.74, 6) is 0.399. The molecule has 0 radical (unpaired) electrons. The Morgan fingerprint density at radius 2 is 1.47 bits per heavy atom. The number of rotatable bonds is 8. The maximum Gasteiger partial charge on any atom is 0.335 e. The Kier molecular flexibility index (Phi) is 6.88. The smallest absolute Gasteiger partial charge is 0.335 e. The number of nitrogens with zero attached hydrogens (tertiary/aromatic N) is 1. The maximum absolute atomic E-state index is 13.0. The first-order valence-electron chi connectivity index (χ1n) is 10.5. The predicted octanol–water partition coefficient (Wildman–Crippen LogP) is 3.82. The number of carbonyl (C=O) groups excluding carboxylic acids is 3. The number of hydrogen-bond acceptors (Lipinski definition) is 6. The molecule has 4 rings (SSSR count). The number of carbonyl (C=O) groups is 3. The Morgan fingerprint density at radius 1 is 0.794 bits per heavy atom. The molecule has 3 aromatic carbocycles. The highest BCUT2D eigenvalue weighted by atomic mass is 16.5. The van der Waals surface area contributed by atoms with E-state index in [0.717, 1.165) is 10.6 Å². The molecule has 172 valence electrons. The van der Waals surface area contributed by atoms with E-state index in [4.69, 9.17) is 14.2 Å². The van der Waals surface area contributed by atoms with Gasteiger partial charge in [0.2, 0.25) is 0 Å². The van der Waals surface area contributed by atoms with Crippen molar-refractivity contribution in [3.63, 3.8) is 0 Å². The molecule has 1 saturated heterocycles. The average Bonchev–Trinajstić information content (AvgIpc) is 2.86. The Hall–Kier alpha value is -4.59. The molecule has 1 heterocycles. The van der Waals surface area contributed by atoms with Gasteiger partial charge in [-0.05, 0) is 60.2 Å². The summed E-state index contributed by atoms with van der Waals surface area (Å²) < 4.78 is 16.4. The molecule has 1 aliphatic heterocycles. The summed E-state index contributed by atoms with van der Waals surface area (Å²) in [6.07, 6.45) is 1.42. The molecule has 1 fully saturated rings. The second-order valence-corrected chi connectivity index (χ2v) is 7.24. The van der Waals surface area contributed by atoms with Crippen LogP contribution in [0.3, 0.4) is 0 Å². The largest absolute Gasteiger partial charge is 0.497 e. The first kappa shape index (κ1) is 22.6. The zero-order chi connectivity index (χ0) is 23.9.